The molecule has 1 unspecified atom stereocenters. The van der Waals surface area contributed by atoms with Crippen LogP contribution in [0.2, 0.25) is 0 Å². The second-order valence-electron chi connectivity index (χ2n) is 10.3. The van der Waals surface area contributed by atoms with Crippen LogP contribution in [-0.2, 0) is 27.8 Å². The molecule has 0 saturated heterocycles. The smallest absolute Gasteiger partial charge is 0.263 e. The number of carbonyl (C=O) groups is 2. The number of hydrazine groups is 1. The molecule has 1 aliphatic heterocycles. The van der Waals surface area contributed by atoms with E-state index in [0.29, 0.717) is 37.4 Å². The molecule has 38 heavy (non-hydrogen) atoms. The van der Waals surface area contributed by atoms with Crippen LogP contribution >= 0.6 is 0 Å². The first-order valence-corrected chi connectivity index (χ1v) is 15.3. The van der Waals surface area contributed by atoms with Gasteiger partial charge < -0.3 is 5.32 Å². The van der Waals surface area contributed by atoms with Gasteiger partial charge in [0.25, 0.3) is 11.8 Å². The lowest BCUT2D eigenvalue weighted by molar-refractivity contribution is -0.134. The fourth-order valence-corrected chi connectivity index (χ4v) is 5.87. The Kier molecular flexibility index (Phi) is 9.04. The van der Waals surface area contributed by atoms with Gasteiger partial charge in [-0.2, -0.15) is 0 Å². The van der Waals surface area contributed by atoms with Gasteiger partial charge in [-0.05, 0) is 67.1 Å². The number of halogens is 1. The van der Waals surface area contributed by atoms with E-state index in [9.17, 15) is 22.4 Å². The van der Waals surface area contributed by atoms with Crippen LogP contribution < -0.4 is 15.0 Å². The van der Waals surface area contributed by atoms with Gasteiger partial charge in [0.15, 0.2) is 0 Å². The standard InChI is InChI=1S/C28H37FN4O4S/c1-3-32(33-16-15-23-18-24(29)13-14-26(23)33)28(35)25(17-20-7-5-4-6-8-20)31-27(34)22-11-9-21(10-12-22)19-30-38(2,36)37/h9-14,18,20,25,30H,3-8,15-17,19H2,1-2H3,(H,31,34). The topological polar surface area (TPSA) is 98.8 Å². The van der Waals surface area contributed by atoms with Crippen LogP contribution in [0.5, 0.6) is 0 Å². The maximum Gasteiger partial charge on any atom is 0.263 e. The number of benzene rings is 2. The quantitative estimate of drug-likeness (QED) is 0.475. The minimum atomic E-state index is -3.32. The summed E-state index contributed by atoms with van der Waals surface area (Å²) in [5.41, 5.74) is 2.82. The van der Waals surface area contributed by atoms with Crippen molar-refractivity contribution in [3.63, 3.8) is 0 Å². The van der Waals surface area contributed by atoms with Crippen LogP contribution in [0.3, 0.4) is 0 Å². The maximum atomic E-state index is 13.9. The molecule has 8 nitrogen and oxygen atoms in total. The third-order valence-corrected chi connectivity index (χ3v) is 8.08. The number of likely N-dealkylation sites (N-methyl/N-ethyl adjacent to an activating group) is 1. The van der Waals surface area contributed by atoms with E-state index in [1.54, 1.807) is 35.3 Å². The van der Waals surface area contributed by atoms with E-state index in [-0.39, 0.29) is 24.2 Å². The summed E-state index contributed by atoms with van der Waals surface area (Å²) >= 11 is 0. The van der Waals surface area contributed by atoms with Crippen LogP contribution in [-0.4, -0.2) is 50.6 Å². The summed E-state index contributed by atoms with van der Waals surface area (Å²) in [6.07, 6.45) is 7.86. The number of amides is 2. The first-order chi connectivity index (χ1) is 18.1. The van der Waals surface area contributed by atoms with Crippen LogP contribution in [0.25, 0.3) is 0 Å². The molecule has 2 aromatic rings. The Hall–Kier alpha value is -2.98. The molecule has 1 atom stereocenters. The summed E-state index contributed by atoms with van der Waals surface area (Å²) in [6, 6.07) is 10.6. The van der Waals surface area contributed by atoms with E-state index in [1.807, 2.05) is 11.9 Å². The summed E-state index contributed by atoms with van der Waals surface area (Å²) in [5, 5.41) is 6.58. The lowest BCUT2D eigenvalue weighted by Gasteiger charge is -2.37. The molecule has 1 heterocycles. The van der Waals surface area contributed by atoms with Gasteiger partial charge in [-0.15, -0.1) is 0 Å². The highest BCUT2D eigenvalue weighted by Crippen LogP contribution is 2.32. The number of carbonyl (C=O) groups excluding carboxylic acids is 2. The van der Waals surface area contributed by atoms with Gasteiger partial charge in [-0.25, -0.2) is 17.5 Å². The van der Waals surface area contributed by atoms with E-state index in [0.717, 1.165) is 48.8 Å². The minimum Gasteiger partial charge on any atom is -0.340 e. The first kappa shape index (κ1) is 28.0. The van der Waals surface area contributed by atoms with Crippen LogP contribution in [0, 0.1) is 11.7 Å². The normalized spacial score (nSPS) is 16.7. The van der Waals surface area contributed by atoms with Crippen molar-refractivity contribution in [3.05, 3.63) is 65.0 Å². The Labute approximate surface area is 224 Å². The molecule has 2 aliphatic rings. The molecule has 1 fully saturated rings. The third kappa shape index (κ3) is 7.11. The van der Waals surface area contributed by atoms with E-state index in [1.165, 1.54) is 18.6 Å². The van der Waals surface area contributed by atoms with E-state index >= 15 is 0 Å². The number of fused-ring (bicyclic) bond motifs is 1. The average Bonchev–Trinajstić information content (AvgIpc) is 3.30. The Balaban J connectivity index is 1.51. The predicted octanol–water partition coefficient (Wildman–Crippen LogP) is 3.77. The zero-order valence-corrected chi connectivity index (χ0v) is 22.9. The summed E-state index contributed by atoms with van der Waals surface area (Å²) in [7, 11) is -3.32. The highest BCUT2D eigenvalue weighted by molar-refractivity contribution is 7.88. The van der Waals surface area contributed by atoms with Crippen molar-refractivity contribution < 1.29 is 22.4 Å². The lowest BCUT2D eigenvalue weighted by atomic mass is 9.84. The van der Waals surface area contributed by atoms with Gasteiger partial charge in [-0.3, -0.25) is 19.6 Å². The summed E-state index contributed by atoms with van der Waals surface area (Å²) in [5.74, 6) is -0.444. The molecule has 0 spiro atoms. The molecule has 0 aromatic heterocycles. The van der Waals surface area contributed by atoms with Crippen molar-refractivity contribution in [1.82, 2.24) is 15.0 Å². The number of anilines is 1. The molecule has 1 saturated carbocycles. The maximum absolute atomic E-state index is 13.9. The highest BCUT2D eigenvalue weighted by atomic mass is 32.2. The van der Waals surface area contributed by atoms with Gasteiger partial charge in [0, 0.05) is 25.2 Å². The fourth-order valence-electron chi connectivity index (χ4n) is 5.44. The van der Waals surface area contributed by atoms with Crippen molar-refractivity contribution in [2.45, 2.75) is 64.5 Å². The highest BCUT2D eigenvalue weighted by Gasteiger charge is 2.34. The first-order valence-electron chi connectivity index (χ1n) is 13.4. The molecule has 2 N–H and O–H groups in total. The molecule has 4 rings (SSSR count). The van der Waals surface area contributed by atoms with Crippen LogP contribution in [0.4, 0.5) is 10.1 Å². The Bertz CT molecular complexity index is 1250. The second kappa shape index (κ2) is 12.3. The monoisotopic (exact) mass is 544 g/mol. The fraction of sp³-hybridized carbons (Fsp3) is 0.500. The van der Waals surface area contributed by atoms with Crippen LogP contribution in [0.15, 0.2) is 42.5 Å². The van der Waals surface area contributed by atoms with Crippen molar-refractivity contribution >= 4 is 27.5 Å². The number of hydrogen-bond donors (Lipinski definition) is 2. The average molecular weight is 545 g/mol. The third-order valence-electron chi connectivity index (χ3n) is 7.41. The van der Waals surface area contributed by atoms with Crippen molar-refractivity contribution in [2.24, 2.45) is 5.92 Å². The van der Waals surface area contributed by atoms with Gasteiger partial charge in [-0.1, -0.05) is 44.2 Å². The van der Waals surface area contributed by atoms with Gasteiger partial charge >= 0.3 is 0 Å². The van der Waals surface area contributed by atoms with Crippen molar-refractivity contribution in [1.29, 1.82) is 0 Å². The largest absolute Gasteiger partial charge is 0.340 e. The number of hydrogen-bond acceptors (Lipinski definition) is 5. The number of nitrogens with zero attached hydrogens (tertiary/aromatic N) is 2. The van der Waals surface area contributed by atoms with E-state index in [2.05, 4.69) is 10.0 Å². The van der Waals surface area contributed by atoms with Crippen LogP contribution in [0.1, 0.15) is 66.9 Å². The molecular weight excluding hydrogens is 507 g/mol. The number of nitrogens with one attached hydrogen (secondary N) is 2. The number of sulfonamides is 1. The SMILES string of the molecule is CCN(C(=O)C(CC1CCCCC1)NC(=O)c1ccc(CNS(C)(=O)=O)cc1)N1CCc2cc(F)ccc21. The van der Waals surface area contributed by atoms with Gasteiger partial charge in [0.05, 0.1) is 11.9 Å². The zero-order chi connectivity index (χ0) is 27.3. The Morgan fingerprint density at radius 1 is 1.11 bits per heavy atom. The van der Waals surface area contributed by atoms with Crippen molar-refractivity contribution in [2.75, 3.05) is 24.4 Å². The lowest BCUT2D eigenvalue weighted by Crippen LogP contribution is -2.55. The van der Waals surface area contributed by atoms with Gasteiger partial charge in [0.2, 0.25) is 10.0 Å². The Morgan fingerprint density at radius 3 is 2.47 bits per heavy atom. The molecule has 0 radical (unpaired) electrons. The Morgan fingerprint density at radius 2 is 1.82 bits per heavy atom. The summed E-state index contributed by atoms with van der Waals surface area (Å²) < 4.78 is 38.9. The molecule has 1 aliphatic carbocycles. The second-order valence-corrected chi connectivity index (χ2v) is 12.1. The number of rotatable bonds is 10. The molecule has 2 amide bonds. The molecule has 206 valence electrons. The van der Waals surface area contributed by atoms with E-state index < -0.39 is 16.1 Å². The molecule has 0 bridgehead atoms. The van der Waals surface area contributed by atoms with E-state index in [4.69, 9.17) is 0 Å². The van der Waals surface area contributed by atoms with Crippen molar-refractivity contribution in [3.8, 4) is 0 Å². The predicted molar refractivity (Wildman–Crippen MR) is 145 cm³/mol. The molecule has 2 aromatic carbocycles. The van der Waals surface area contributed by atoms with Gasteiger partial charge in [0.1, 0.15) is 11.9 Å². The summed E-state index contributed by atoms with van der Waals surface area (Å²) in [6.45, 7) is 3.04. The molecular formula is C28H37FN4O4S. The minimum absolute atomic E-state index is 0.135. The molecule has 10 heteroatoms. The zero-order valence-electron chi connectivity index (χ0n) is 22.1. The summed E-state index contributed by atoms with van der Waals surface area (Å²) in [4.78, 5) is 27.2.